The summed E-state index contributed by atoms with van der Waals surface area (Å²) in [7, 11) is 0. The quantitative estimate of drug-likeness (QED) is 0.326. The van der Waals surface area contributed by atoms with Crippen molar-refractivity contribution in [1.29, 1.82) is 0 Å². The largest absolute Gasteiger partial charge is 0.388 e. The molecule has 0 spiro atoms. The summed E-state index contributed by atoms with van der Waals surface area (Å²) in [5, 5.41) is 36.0. The Kier molecular flexibility index (Phi) is 2.46. The Morgan fingerprint density at radius 3 is 2.00 bits per heavy atom. The maximum Gasteiger partial charge on any atom is 0.183 e. The van der Waals surface area contributed by atoms with Crippen LogP contribution in [-0.4, -0.2) is 51.1 Å². The first kappa shape index (κ1) is 8.89. The zero-order chi connectivity index (χ0) is 8.59. The average molecular weight is 164 g/mol. The number of aliphatic hydroxyl groups excluding tert-OH is 4. The molecule has 1 rings (SSSR count). The molecule has 66 valence electrons. The Balaban J connectivity index is 2.63. The van der Waals surface area contributed by atoms with Gasteiger partial charge in [0.2, 0.25) is 0 Å². The molecule has 0 amide bonds. The highest BCUT2D eigenvalue weighted by atomic mass is 16.6. The van der Waals surface area contributed by atoms with Crippen LogP contribution in [0, 0.1) is 0 Å². The molecule has 11 heavy (non-hydrogen) atoms. The van der Waals surface area contributed by atoms with Gasteiger partial charge in [-0.3, -0.25) is 0 Å². The molecule has 1 aliphatic rings. The number of aliphatic hydroxyl groups is 4. The summed E-state index contributed by atoms with van der Waals surface area (Å²) in [5.41, 5.74) is 0. The van der Waals surface area contributed by atoms with Crippen LogP contribution in [0.2, 0.25) is 0 Å². The first-order chi connectivity index (χ1) is 5.04. The molecule has 1 fully saturated rings. The summed E-state index contributed by atoms with van der Waals surface area (Å²) in [4.78, 5) is 0. The molecule has 0 aromatic rings. The normalized spacial score (nSPS) is 52.6. The summed E-state index contributed by atoms with van der Waals surface area (Å²) < 4.78 is 4.68. The van der Waals surface area contributed by atoms with Crippen LogP contribution in [0.5, 0.6) is 0 Å². The molecule has 0 radical (unpaired) electrons. The van der Waals surface area contributed by atoms with Crippen LogP contribution in [-0.2, 0) is 4.74 Å². The van der Waals surface area contributed by atoms with Gasteiger partial charge in [-0.05, 0) is 6.92 Å². The van der Waals surface area contributed by atoms with E-state index in [9.17, 15) is 0 Å². The van der Waals surface area contributed by atoms with Crippen molar-refractivity contribution in [3.05, 3.63) is 0 Å². The van der Waals surface area contributed by atoms with Gasteiger partial charge in [0.15, 0.2) is 6.29 Å². The van der Waals surface area contributed by atoms with Crippen molar-refractivity contribution in [2.45, 2.75) is 37.6 Å². The first-order valence-electron chi connectivity index (χ1n) is 3.41. The zero-order valence-corrected chi connectivity index (χ0v) is 6.08. The van der Waals surface area contributed by atoms with Gasteiger partial charge in [0, 0.05) is 0 Å². The average Bonchev–Trinajstić information content (AvgIpc) is 1.97. The summed E-state index contributed by atoms with van der Waals surface area (Å²) in [5.74, 6) is 0. The van der Waals surface area contributed by atoms with Crippen molar-refractivity contribution in [2.75, 3.05) is 0 Å². The molecule has 0 aromatic carbocycles. The standard InChI is InChI=1S/C6H12O5/c1-2-3(7)4(8)5(9)6(10)11-2/h2-10H,1H3/t2-,3+,4?,5?,6-/m1/s1. The lowest BCUT2D eigenvalue weighted by Gasteiger charge is -2.36. The molecule has 0 aromatic heterocycles. The van der Waals surface area contributed by atoms with Crippen LogP contribution in [0.15, 0.2) is 0 Å². The van der Waals surface area contributed by atoms with Crippen LogP contribution in [0.4, 0.5) is 0 Å². The lowest BCUT2D eigenvalue weighted by Crippen LogP contribution is -2.56. The van der Waals surface area contributed by atoms with Crippen LogP contribution in [0.1, 0.15) is 6.92 Å². The molecule has 1 saturated heterocycles. The van der Waals surface area contributed by atoms with Gasteiger partial charge in [0.1, 0.15) is 18.3 Å². The molecule has 1 heterocycles. The highest BCUT2D eigenvalue weighted by molar-refractivity contribution is 4.86. The van der Waals surface area contributed by atoms with E-state index in [0.29, 0.717) is 0 Å². The summed E-state index contributed by atoms with van der Waals surface area (Å²) in [6.45, 7) is 1.50. The molecule has 0 aliphatic carbocycles. The highest BCUT2D eigenvalue weighted by Gasteiger charge is 2.40. The lowest BCUT2D eigenvalue weighted by atomic mass is 10.0. The Morgan fingerprint density at radius 1 is 0.909 bits per heavy atom. The Bertz CT molecular complexity index is 125. The van der Waals surface area contributed by atoms with E-state index in [1.54, 1.807) is 0 Å². The minimum Gasteiger partial charge on any atom is -0.388 e. The molecule has 5 nitrogen and oxygen atoms in total. The van der Waals surface area contributed by atoms with E-state index in [-0.39, 0.29) is 0 Å². The van der Waals surface area contributed by atoms with Crippen LogP contribution in [0.3, 0.4) is 0 Å². The van der Waals surface area contributed by atoms with E-state index < -0.39 is 30.7 Å². The van der Waals surface area contributed by atoms with E-state index in [0.717, 1.165) is 0 Å². The Labute approximate surface area is 63.8 Å². The van der Waals surface area contributed by atoms with E-state index in [4.69, 9.17) is 20.4 Å². The maximum atomic E-state index is 9.09. The molecular formula is C6H12O5. The molecule has 0 bridgehead atoms. The first-order valence-corrected chi connectivity index (χ1v) is 3.41. The van der Waals surface area contributed by atoms with E-state index >= 15 is 0 Å². The highest BCUT2D eigenvalue weighted by Crippen LogP contribution is 2.18. The van der Waals surface area contributed by atoms with Crippen molar-refractivity contribution in [3.63, 3.8) is 0 Å². The van der Waals surface area contributed by atoms with Gasteiger partial charge in [0.05, 0.1) is 6.10 Å². The minimum atomic E-state index is -1.43. The second-order valence-corrected chi connectivity index (χ2v) is 2.70. The summed E-state index contributed by atoms with van der Waals surface area (Å²) in [6, 6.07) is 0. The third-order valence-electron chi connectivity index (χ3n) is 1.83. The van der Waals surface area contributed by atoms with Gasteiger partial charge in [-0.25, -0.2) is 0 Å². The van der Waals surface area contributed by atoms with Gasteiger partial charge >= 0.3 is 0 Å². The van der Waals surface area contributed by atoms with Crippen LogP contribution in [0.25, 0.3) is 0 Å². The Morgan fingerprint density at radius 2 is 1.45 bits per heavy atom. The molecule has 5 heteroatoms. The molecular weight excluding hydrogens is 152 g/mol. The monoisotopic (exact) mass is 164 g/mol. The van der Waals surface area contributed by atoms with Crippen molar-refractivity contribution in [2.24, 2.45) is 0 Å². The third kappa shape index (κ3) is 1.52. The third-order valence-corrected chi connectivity index (χ3v) is 1.83. The van der Waals surface area contributed by atoms with Crippen molar-refractivity contribution >= 4 is 0 Å². The number of ether oxygens (including phenoxy) is 1. The van der Waals surface area contributed by atoms with Gasteiger partial charge in [-0.15, -0.1) is 0 Å². The van der Waals surface area contributed by atoms with Gasteiger partial charge in [-0.1, -0.05) is 0 Å². The molecule has 4 N–H and O–H groups in total. The van der Waals surface area contributed by atoms with Crippen LogP contribution >= 0.6 is 0 Å². The van der Waals surface area contributed by atoms with Gasteiger partial charge < -0.3 is 25.2 Å². The zero-order valence-electron chi connectivity index (χ0n) is 6.08. The number of hydrogen-bond acceptors (Lipinski definition) is 5. The molecule has 0 saturated carbocycles. The summed E-state index contributed by atoms with van der Waals surface area (Å²) >= 11 is 0. The lowest BCUT2D eigenvalue weighted by molar-refractivity contribution is -0.277. The maximum absolute atomic E-state index is 9.09. The fourth-order valence-electron chi connectivity index (χ4n) is 1.03. The topological polar surface area (TPSA) is 90.2 Å². The SMILES string of the molecule is C[C@H]1O[C@@H](O)C(O)C(O)[C@H]1O. The second-order valence-electron chi connectivity index (χ2n) is 2.70. The predicted molar refractivity (Wildman–Crippen MR) is 34.6 cm³/mol. The predicted octanol–water partition coefficient (Wildman–Crippen LogP) is -2.19. The van der Waals surface area contributed by atoms with Crippen molar-refractivity contribution in [3.8, 4) is 0 Å². The number of hydrogen-bond donors (Lipinski definition) is 4. The van der Waals surface area contributed by atoms with E-state index in [1.165, 1.54) is 6.92 Å². The van der Waals surface area contributed by atoms with Crippen molar-refractivity contribution in [1.82, 2.24) is 0 Å². The molecule has 5 atom stereocenters. The van der Waals surface area contributed by atoms with E-state index in [1.807, 2.05) is 0 Å². The van der Waals surface area contributed by atoms with Gasteiger partial charge in [-0.2, -0.15) is 0 Å². The van der Waals surface area contributed by atoms with E-state index in [2.05, 4.69) is 4.74 Å². The fraction of sp³-hybridized carbons (Fsp3) is 1.00. The molecule has 1 aliphatic heterocycles. The fourth-order valence-corrected chi connectivity index (χ4v) is 1.03. The minimum absolute atomic E-state index is 0.664. The van der Waals surface area contributed by atoms with Gasteiger partial charge in [0.25, 0.3) is 0 Å². The Hall–Kier alpha value is -0.200. The summed E-state index contributed by atoms with van der Waals surface area (Å²) in [6.07, 6.45) is -5.99. The van der Waals surface area contributed by atoms with Crippen molar-refractivity contribution < 1.29 is 25.2 Å². The second kappa shape index (κ2) is 3.04. The molecule has 2 unspecified atom stereocenters. The smallest absolute Gasteiger partial charge is 0.183 e. The number of rotatable bonds is 0. The van der Waals surface area contributed by atoms with Crippen LogP contribution < -0.4 is 0 Å².